The highest BCUT2D eigenvalue weighted by Gasteiger charge is 2.32. The maximum atomic E-state index is 12.1. The SMILES string of the molecule is Cc1ccccc1COC(=O)C1Cc2ccccc2C(=O)O1. The van der Waals surface area contributed by atoms with E-state index < -0.39 is 18.0 Å². The molecule has 22 heavy (non-hydrogen) atoms. The molecule has 0 spiro atoms. The molecule has 1 heterocycles. The van der Waals surface area contributed by atoms with E-state index in [1.54, 1.807) is 12.1 Å². The van der Waals surface area contributed by atoms with Crippen molar-refractivity contribution in [3.8, 4) is 0 Å². The molecule has 3 rings (SSSR count). The summed E-state index contributed by atoms with van der Waals surface area (Å²) >= 11 is 0. The molecule has 112 valence electrons. The van der Waals surface area contributed by atoms with Crippen LogP contribution >= 0.6 is 0 Å². The first-order valence-corrected chi connectivity index (χ1v) is 7.15. The smallest absolute Gasteiger partial charge is 0.348 e. The van der Waals surface area contributed by atoms with Crippen molar-refractivity contribution in [1.29, 1.82) is 0 Å². The number of ether oxygens (including phenoxy) is 2. The van der Waals surface area contributed by atoms with Crippen molar-refractivity contribution in [3.05, 3.63) is 70.8 Å². The van der Waals surface area contributed by atoms with Crippen LogP contribution in [-0.2, 0) is 27.3 Å². The van der Waals surface area contributed by atoms with E-state index in [9.17, 15) is 9.59 Å². The van der Waals surface area contributed by atoms with Gasteiger partial charge in [-0.1, -0.05) is 42.5 Å². The minimum absolute atomic E-state index is 0.182. The van der Waals surface area contributed by atoms with Crippen LogP contribution in [0.15, 0.2) is 48.5 Å². The van der Waals surface area contributed by atoms with Crippen molar-refractivity contribution >= 4 is 11.9 Å². The van der Waals surface area contributed by atoms with Gasteiger partial charge in [0.25, 0.3) is 0 Å². The summed E-state index contributed by atoms with van der Waals surface area (Å²) in [6.45, 7) is 2.14. The summed E-state index contributed by atoms with van der Waals surface area (Å²) in [4.78, 5) is 24.0. The first-order valence-electron chi connectivity index (χ1n) is 7.15. The lowest BCUT2D eigenvalue weighted by molar-refractivity contribution is -0.155. The maximum absolute atomic E-state index is 12.1. The average molecular weight is 296 g/mol. The molecular weight excluding hydrogens is 280 g/mol. The highest BCUT2D eigenvalue weighted by atomic mass is 16.6. The molecule has 1 aliphatic heterocycles. The number of benzene rings is 2. The molecule has 2 aromatic rings. The Hall–Kier alpha value is -2.62. The van der Waals surface area contributed by atoms with Crippen molar-refractivity contribution < 1.29 is 19.1 Å². The lowest BCUT2D eigenvalue weighted by atomic mass is 9.99. The number of hydrogen-bond donors (Lipinski definition) is 0. The fourth-order valence-corrected chi connectivity index (χ4v) is 2.48. The van der Waals surface area contributed by atoms with Crippen molar-refractivity contribution in [2.24, 2.45) is 0 Å². The first-order chi connectivity index (χ1) is 10.6. The Morgan fingerprint density at radius 1 is 1.18 bits per heavy atom. The van der Waals surface area contributed by atoms with Gasteiger partial charge in [0.2, 0.25) is 6.10 Å². The van der Waals surface area contributed by atoms with Crippen molar-refractivity contribution in [3.63, 3.8) is 0 Å². The first kappa shape index (κ1) is 14.3. The third-order valence-corrected chi connectivity index (χ3v) is 3.79. The number of fused-ring (bicyclic) bond motifs is 1. The summed E-state index contributed by atoms with van der Waals surface area (Å²) in [5.74, 6) is -0.981. The molecule has 4 heteroatoms. The zero-order valence-corrected chi connectivity index (χ0v) is 12.2. The summed E-state index contributed by atoms with van der Waals surface area (Å²) in [5, 5.41) is 0. The molecule has 0 saturated heterocycles. The summed E-state index contributed by atoms with van der Waals surface area (Å²) in [7, 11) is 0. The fourth-order valence-electron chi connectivity index (χ4n) is 2.48. The number of esters is 2. The van der Waals surface area contributed by atoms with E-state index in [-0.39, 0.29) is 6.61 Å². The predicted molar refractivity (Wildman–Crippen MR) is 80.3 cm³/mol. The van der Waals surface area contributed by atoms with E-state index in [0.29, 0.717) is 12.0 Å². The monoisotopic (exact) mass is 296 g/mol. The van der Waals surface area contributed by atoms with Crippen LogP contribution in [0.4, 0.5) is 0 Å². The Balaban J connectivity index is 1.67. The second-order valence-electron chi connectivity index (χ2n) is 5.29. The van der Waals surface area contributed by atoms with E-state index in [2.05, 4.69) is 0 Å². The van der Waals surface area contributed by atoms with Crippen LogP contribution in [0, 0.1) is 6.92 Å². The Morgan fingerprint density at radius 2 is 1.91 bits per heavy atom. The van der Waals surface area contributed by atoms with Gasteiger partial charge in [-0.3, -0.25) is 0 Å². The van der Waals surface area contributed by atoms with Gasteiger partial charge in [-0.05, 0) is 29.7 Å². The molecule has 1 unspecified atom stereocenters. The van der Waals surface area contributed by atoms with Gasteiger partial charge in [0, 0.05) is 6.42 Å². The summed E-state index contributed by atoms with van der Waals surface area (Å²) < 4.78 is 10.5. The number of carbonyl (C=O) groups excluding carboxylic acids is 2. The van der Waals surface area contributed by atoms with E-state index in [1.807, 2.05) is 43.3 Å². The van der Waals surface area contributed by atoms with Crippen LogP contribution in [0.1, 0.15) is 27.0 Å². The maximum Gasteiger partial charge on any atom is 0.348 e. The Morgan fingerprint density at radius 3 is 2.73 bits per heavy atom. The normalized spacial score (nSPS) is 16.6. The van der Waals surface area contributed by atoms with Crippen LogP contribution < -0.4 is 0 Å². The summed E-state index contributed by atoms with van der Waals surface area (Å²) in [6.07, 6.45) is -0.513. The van der Waals surface area contributed by atoms with Gasteiger partial charge in [-0.15, -0.1) is 0 Å². The predicted octanol–water partition coefficient (Wildman–Crippen LogP) is 2.82. The minimum atomic E-state index is -0.869. The molecule has 0 saturated carbocycles. The van der Waals surface area contributed by atoms with Crippen LogP contribution in [0.25, 0.3) is 0 Å². The van der Waals surface area contributed by atoms with E-state index in [4.69, 9.17) is 9.47 Å². The van der Waals surface area contributed by atoms with Gasteiger partial charge >= 0.3 is 11.9 Å². The third-order valence-electron chi connectivity index (χ3n) is 3.79. The molecule has 0 aromatic heterocycles. The zero-order valence-electron chi connectivity index (χ0n) is 12.2. The lowest BCUT2D eigenvalue weighted by Crippen LogP contribution is -2.35. The van der Waals surface area contributed by atoms with Crippen molar-refractivity contribution in [2.75, 3.05) is 0 Å². The Bertz CT molecular complexity index is 721. The van der Waals surface area contributed by atoms with E-state index >= 15 is 0 Å². The Kier molecular flexibility index (Phi) is 3.92. The topological polar surface area (TPSA) is 52.6 Å². The van der Waals surface area contributed by atoms with Crippen LogP contribution in [0.3, 0.4) is 0 Å². The second kappa shape index (κ2) is 6.02. The van der Waals surface area contributed by atoms with Crippen LogP contribution in [0.5, 0.6) is 0 Å². The van der Waals surface area contributed by atoms with Crippen LogP contribution in [-0.4, -0.2) is 18.0 Å². The average Bonchev–Trinajstić information content (AvgIpc) is 2.54. The van der Waals surface area contributed by atoms with Gasteiger partial charge in [-0.2, -0.15) is 0 Å². The molecule has 0 fully saturated rings. The minimum Gasteiger partial charge on any atom is -0.458 e. The number of rotatable bonds is 3. The highest BCUT2D eigenvalue weighted by molar-refractivity contribution is 5.94. The van der Waals surface area contributed by atoms with Gasteiger partial charge in [0.1, 0.15) is 6.61 Å². The van der Waals surface area contributed by atoms with Crippen LogP contribution in [0.2, 0.25) is 0 Å². The molecule has 0 bridgehead atoms. The molecule has 0 N–H and O–H groups in total. The fraction of sp³-hybridized carbons (Fsp3) is 0.222. The number of aryl methyl sites for hydroxylation is 1. The number of carbonyl (C=O) groups is 2. The molecule has 0 radical (unpaired) electrons. The van der Waals surface area contributed by atoms with Gasteiger partial charge in [0.15, 0.2) is 0 Å². The Labute approximate surface area is 128 Å². The standard InChI is InChI=1S/C18H16O4/c1-12-6-2-3-8-14(12)11-21-18(20)16-10-13-7-4-5-9-15(13)17(19)22-16/h2-9,16H,10-11H2,1H3. The van der Waals surface area contributed by atoms with E-state index in [0.717, 1.165) is 16.7 Å². The molecule has 2 aromatic carbocycles. The lowest BCUT2D eigenvalue weighted by Gasteiger charge is -2.23. The highest BCUT2D eigenvalue weighted by Crippen LogP contribution is 2.21. The van der Waals surface area contributed by atoms with Gasteiger partial charge < -0.3 is 9.47 Å². The van der Waals surface area contributed by atoms with Crippen molar-refractivity contribution in [2.45, 2.75) is 26.1 Å². The summed E-state index contributed by atoms with van der Waals surface area (Å²) in [5.41, 5.74) is 3.33. The summed E-state index contributed by atoms with van der Waals surface area (Å²) in [6, 6.07) is 14.8. The van der Waals surface area contributed by atoms with Gasteiger partial charge in [0.05, 0.1) is 5.56 Å². The number of cyclic esters (lactones) is 1. The molecule has 0 aliphatic carbocycles. The van der Waals surface area contributed by atoms with Gasteiger partial charge in [-0.25, -0.2) is 9.59 Å². The largest absolute Gasteiger partial charge is 0.458 e. The molecule has 1 atom stereocenters. The zero-order chi connectivity index (χ0) is 15.5. The molecule has 1 aliphatic rings. The molecule has 4 nitrogen and oxygen atoms in total. The molecule has 0 amide bonds. The quantitative estimate of drug-likeness (QED) is 0.817. The second-order valence-corrected chi connectivity index (χ2v) is 5.29. The number of hydrogen-bond acceptors (Lipinski definition) is 4. The van der Waals surface area contributed by atoms with Crippen molar-refractivity contribution in [1.82, 2.24) is 0 Å². The molecular formula is C18H16O4. The van der Waals surface area contributed by atoms with E-state index in [1.165, 1.54) is 0 Å². The third kappa shape index (κ3) is 2.86.